The predicted octanol–water partition coefficient (Wildman–Crippen LogP) is 1.40. The van der Waals surface area contributed by atoms with E-state index < -0.39 is 0 Å². The van der Waals surface area contributed by atoms with E-state index in [4.69, 9.17) is 4.74 Å². The fourth-order valence-corrected chi connectivity index (χ4v) is 3.41. The first-order valence-electron chi connectivity index (χ1n) is 6.79. The maximum Gasteiger partial charge on any atom is 0.120 e. The lowest BCUT2D eigenvalue weighted by Gasteiger charge is -2.13. The topological polar surface area (TPSA) is 66.4 Å². The molecule has 1 aliphatic rings. The first-order chi connectivity index (χ1) is 9.76. The fraction of sp³-hybridized carbons (Fsp3) is 0.500. The van der Waals surface area contributed by atoms with Gasteiger partial charge in [0.2, 0.25) is 0 Å². The zero-order valence-corrected chi connectivity index (χ0v) is 13.5. The van der Waals surface area contributed by atoms with Crippen molar-refractivity contribution in [2.24, 2.45) is 5.92 Å². The number of aliphatic hydroxyl groups excluding tert-OH is 1. The fourth-order valence-electron chi connectivity index (χ4n) is 2.45. The van der Waals surface area contributed by atoms with E-state index in [0.717, 1.165) is 40.6 Å². The number of nitrogens with zero attached hydrogens (tertiary/aromatic N) is 1. The summed E-state index contributed by atoms with van der Waals surface area (Å²) in [5.41, 5.74) is 1.01. The Labute approximate surface area is 134 Å². The van der Waals surface area contributed by atoms with Crippen LogP contribution in [-0.2, 0) is 6.54 Å². The summed E-state index contributed by atoms with van der Waals surface area (Å²) in [5, 5.41) is 17.4. The monoisotopic (exact) mass is 329 g/mol. The van der Waals surface area contributed by atoms with E-state index in [1.165, 1.54) is 0 Å². The van der Waals surface area contributed by atoms with Gasteiger partial charge in [-0.1, -0.05) is 0 Å². The average molecular weight is 330 g/mol. The second-order valence-electron chi connectivity index (χ2n) is 5.06. The largest absolute Gasteiger partial charge is 0.497 e. The number of thiazole rings is 1. The van der Waals surface area contributed by atoms with E-state index in [9.17, 15) is 5.11 Å². The lowest BCUT2D eigenvalue weighted by Crippen LogP contribution is -2.30. The Morgan fingerprint density at radius 3 is 3.05 bits per heavy atom. The third-order valence-corrected chi connectivity index (χ3v) is 4.64. The molecule has 21 heavy (non-hydrogen) atoms. The van der Waals surface area contributed by atoms with Crippen molar-refractivity contribution in [3.05, 3.63) is 23.2 Å². The van der Waals surface area contributed by atoms with Gasteiger partial charge in [0, 0.05) is 32.1 Å². The van der Waals surface area contributed by atoms with Crippen LogP contribution in [0.5, 0.6) is 5.75 Å². The minimum atomic E-state index is -0.234. The number of ether oxygens (including phenoxy) is 1. The SMILES string of the molecule is COc1ccc2nc(CNCC3CNCC3O)sc2c1.Cl. The highest BCUT2D eigenvalue weighted by Gasteiger charge is 2.24. The van der Waals surface area contributed by atoms with Gasteiger partial charge in [-0.05, 0) is 18.2 Å². The van der Waals surface area contributed by atoms with Crippen LogP contribution in [0.1, 0.15) is 5.01 Å². The van der Waals surface area contributed by atoms with Crippen molar-refractivity contribution in [3.63, 3.8) is 0 Å². The Morgan fingerprint density at radius 1 is 1.48 bits per heavy atom. The molecule has 2 heterocycles. The molecule has 0 aliphatic carbocycles. The van der Waals surface area contributed by atoms with E-state index in [2.05, 4.69) is 15.6 Å². The number of aromatic nitrogens is 1. The van der Waals surface area contributed by atoms with Crippen molar-refractivity contribution >= 4 is 34.0 Å². The number of rotatable bonds is 5. The lowest BCUT2D eigenvalue weighted by molar-refractivity contribution is 0.146. The van der Waals surface area contributed by atoms with Crippen molar-refractivity contribution < 1.29 is 9.84 Å². The zero-order valence-electron chi connectivity index (χ0n) is 11.8. The summed E-state index contributed by atoms with van der Waals surface area (Å²) in [4.78, 5) is 4.59. The molecule has 3 N–H and O–H groups in total. The summed E-state index contributed by atoms with van der Waals surface area (Å²) in [5.74, 6) is 1.16. The molecule has 7 heteroatoms. The second kappa shape index (κ2) is 7.38. The molecule has 0 amide bonds. The van der Waals surface area contributed by atoms with Gasteiger partial charge in [-0.15, -0.1) is 23.7 Å². The first kappa shape index (κ1) is 16.5. The molecule has 2 aromatic rings. The van der Waals surface area contributed by atoms with Gasteiger partial charge in [0.1, 0.15) is 10.8 Å². The van der Waals surface area contributed by atoms with Gasteiger partial charge in [-0.3, -0.25) is 0 Å². The quantitative estimate of drug-likeness (QED) is 0.773. The van der Waals surface area contributed by atoms with Crippen molar-refractivity contribution in [3.8, 4) is 5.75 Å². The van der Waals surface area contributed by atoms with Gasteiger partial charge < -0.3 is 20.5 Å². The molecule has 116 valence electrons. The van der Waals surface area contributed by atoms with Gasteiger partial charge in [0.25, 0.3) is 0 Å². The van der Waals surface area contributed by atoms with Gasteiger partial charge in [0.15, 0.2) is 0 Å². The van der Waals surface area contributed by atoms with Crippen LogP contribution >= 0.6 is 23.7 Å². The molecule has 1 aliphatic heterocycles. The Balaban J connectivity index is 0.00000161. The molecule has 2 unspecified atom stereocenters. The normalized spacial score (nSPS) is 21.4. The Bertz CT molecular complexity index is 593. The van der Waals surface area contributed by atoms with Crippen LogP contribution in [0.4, 0.5) is 0 Å². The highest BCUT2D eigenvalue weighted by Crippen LogP contribution is 2.26. The number of benzene rings is 1. The smallest absolute Gasteiger partial charge is 0.120 e. The summed E-state index contributed by atoms with van der Waals surface area (Å²) in [6, 6.07) is 5.93. The van der Waals surface area contributed by atoms with Crippen molar-refractivity contribution in [1.29, 1.82) is 0 Å². The molecule has 0 bridgehead atoms. The summed E-state index contributed by atoms with van der Waals surface area (Å²) < 4.78 is 6.36. The van der Waals surface area contributed by atoms with Crippen LogP contribution in [-0.4, -0.2) is 42.9 Å². The molecule has 2 atom stereocenters. The van der Waals surface area contributed by atoms with Gasteiger partial charge in [-0.2, -0.15) is 0 Å². The van der Waals surface area contributed by atoms with Gasteiger partial charge in [0.05, 0.1) is 23.4 Å². The molecule has 5 nitrogen and oxygen atoms in total. The van der Waals surface area contributed by atoms with Crippen LogP contribution in [0.2, 0.25) is 0 Å². The zero-order chi connectivity index (χ0) is 13.9. The third-order valence-electron chi connectivity index (χ3n) is 3.63. The molecule has 1 aromatic carbocycles. The highest BCUT2D eigenvalue weighted by molar-refractivity contribution is 7.18. The molecule has 0 saturated carbocycles. The minimum Gasteiger partial charge on any atom is -0.497 e. The Morgan fingerprint density at radius 2 is 2.33 bits per heavy atom. The number of methoxy groups -OCH3 is 1. The number of fused-ring (bicyclic) bond motifs is 1. The van der Waals surface area contributed by atoms with E-state index in [0.29, 0.717) is 12.5 Å². The van der Waals surface area contributed by atoms with Crippen LogP contribution in [0, 0.1) is 5.92 Å². The lowest BCUT2D eigenvalue weighted by atomic mass is 10.1. The van der Waals surface area contributed by atoms with Crippen LogP contribution in [0.3, 0.4) is 0 Å². The van der Waals surface area contributed by atoms with Crippen LogP contribution in [0.25, 0.3) is 10.2 Å². The van der Waals surface area contributed by atoms with Gasteiger partial charge in [-0.25, -0.2) is 4.98 Å². The number of hydrogen-bond acceptors (Lipinski definition) is 6. The number of halogens is 1. The van der Waals surface area contributed by atoms with Crippen molar-refractivity contribution in [1.82, 2.24) is 15.6 Å². The molecule has 1 fully saturated rings. The second-order valence-corrected chi connectivity index (χ2v) is 6.17. The molecule has 0 spiro atoms. The Hall–Kier alpha value is -0.920. The summed E-state index contributed by atoms with van der Waals surface area (Å²) in [7, 11) is 1.67. The average Bonchev–Trinajstić information content (AvgIpc) is 3.04. The maximum atomic E-state index is 9.73. The highest BCUT2D eigenvalue weighted by atomic mass is 35.5. The first-order valence-corrected chi connectivity index (χ1v) is 7.61. The van der Waals surface area contributed by atoms with Crippen molar-refractivity contribution in [2.45, 2.75) is 12.6 Å². The molecule has 1 aromatic heterocycles. The van der Waals surface area contributed by atoms with Gasteiger partial charge >= 0.3 is 0 Å². The standard InChI is InChI=1S/C14H19N3O2S.ClH/c1-19-10-2-3-11-13(4-10)20-14(17-11)8-16-6-9-5-15-7-12(9)18;/h2-4,9,12,15-16,18H,5-8H2,1H3;1H. The maximum absolute atomic E-state index is 9.73. The molecule has 1 saturated heterocycles. The van der Waals surface area contributed by atoms with E-state index >= 15 is 0 Å². The van der Waals surface area contributed by atoms with E-state index in [1.807, 2.05) is 18.2 Å². The summed E-state index contributed by atoms with van der Waals surface area (Å²) in [6.45, 7) is 3.14. The van der Waals surface area contributed by atoms with E-state index in [1.54, 1.807) is 18.4 Å². The number of β-amino-alcohol motifs (C(OH)–C–C–N with tert-alkyl or cyclic N) is 1. The van der Waals surface area contributed by atoms with E-state index in [-0.39, 0.29) is 18.5 Å². The summed E-state index contributed by atoms with van der Waals surface area (Å²) >= 11 is 1.68. The molecular weight excluding hydrogens is 310 g/mol. The van der Waals surface area contributed by atoms with Crippen molar-refractivity contribution in [2.75, 3.05) is 26.7 Å². The minimum absolute atomic E-state index is 0. The van der Waals surface area contributed by atoms with Crippen LogP contribution < -0.4 is 15.4 Å². The van der Waals surface area contributed by atoms with Crippen LogP contribution in [0.15, 0.2) is 18.2 Å². The predicted molar refractivity (Wildman–Crippen MR) is 87.5 cm³/mol. The number of aliphatic hydroxyl groups is 1. The molecular formula is C14H20ClN3O2S. The third kappa shape index (κ3) is 3.84. The molecule has 0 radical (unpaired) electrons. The summed E-state index contributed by atoms with van der Waals surface area (Å²) in [6.07, 6.45) is -0.234. The number of nitrogens with one attached hydrogen (secondary N) is 2. The Kier molecular flexibility index (Phi) is 5.78. The molecule has 3 rings (SSSR count). The number of hydrogen-bond donors (Lipinski definition) is 3.